The molecule has 0 aliphatic carbocycles. The number of anilines is 1. The zero-order chi connectivity index (χ0) is 14.5. The molecule has 108 valence electrons. The Morgan fingerprint density at radius 2 is 1.84 bits per heavy atom. The molecule has 19 heavy (non-hydrogen) atoms. The topological polar surface area (TPSA) is 69.6 Å². The zero-order valence-corrected chi connectivity index (χ0v) is 12.4. The van der Waals surface area contributed by atoms with Gasteiger partial charge in [0.2, 0.25) is 10.0 Å². The minimum absolute atomic E-state index is 0.101. The van der Waals surface area contributed by atoms with E-state index < -0.39 is 10.0 Å². The highest BCUT2D eigenvalue weighted by Crippen LogP contribution is 2.19. The van der Waals surface area contributed by atoms with Crippen molar-refractivity contribution in [2.75, 3.05) is 23.7 Å². The van der Waals surface area contributed by atoms with Gasteiger partial charge in [0, 0.05) is 13.1 Å². The van der Waals surface area contributed by atoms with E-state index in [2.05, 4.69) is 5.32 Å². The first kappa shape index (κ1) is 15.8. The normalized spacial score (nSPS) is 11.8. The fourth-order valence-electron chi connectivity index (χ4n) is 1.61. The highest BCUT2D eigenvalue weighted by atomic mass is 32.2. The summed E-state index contributed by atoms with van der Waals surface area (Å²) in [7, 11) is -1.79. The van der Waals surface area contributed by atoms with Crippen LogP contribution in [-0.2, 0) is 10.0 Å². The van der Waals surface area contributed by atoms with Gasteiger partial charge in [-0.3, -0.25) is 4.31 Å². The summed E-state index contributed by atoms with van der Waals surface area (Å²) in [5.41, 5.74) is 0.551. The van der Waals surface area contributed by atoms with Crippen LogP contribution in [0.4, 0.5) is 5.69 Å². The highest BCUT2D eigenvalue weighted by molar-refractivity contribution is 7.92. The Bertz CT molecular complexity index is 483. The van der Waals surface area contributed by atoms with E-state index in [0.29, 0.717) is 24.7 Å². The molecule has 6 heteroatoms. The van der Waals surface area contributed by atoms with Gasteiger partial charge in [-0.25, -0.2) is 8.42 Å². The maximum Gasteiger partial charge on any atom is 0.234 e. The van der Waals surface area contributed by atoms with E-state index in [1.54, 1.807) is 12.1 Å². The van der Waals surface area contributed by atoms with Crippen LogP contribution in [0.3, 0.4) is 0 Å². The second kappa shape index (κ2) is 6.77. The SMILES string of the molecule is CC(C)NCCCS(=O)(=O)N(C)c1ccc(O)cc1. The minimum Gasteiger partial charge on any atom is -0.508 e. The predicted octanol–water partition coefficient (Wildman–Crippen LogP) is 1.55. The van der Waals surface area contributed by atoms with Crippen LogP contribution in [0.15, 0.2) is 24.3 Å². The van der Waals surface area contributed by atoms with E-state index in [1.165, 1.54) is 23.5 Å². The third-order valence-corrected chi connectivity index (χ3v) is 4.61. The van der Waals surface area contributed by atoms with Crippen molar-refractivity contribution in [2.45, 2.75) is 26.3 Å². The van der Waals surface area contributed by atoms with Gasteiger partial charge in [0.25, 0.3) is 0 Å². The van der Waals surface area contributed by atoms with E-state index >= 15 is 0 Å². The monoisotopic (exact) mass is 286 g/mol. The third-order valence-electron chi connectivity index (χ3n) is 2.76. The lowest BCUT2D eigenvalue weighted by atomic mass is 10.3. The molecule has 0 atom stereocenters. The van der Waals surface area contributed by atoms with Crippen molar-refractivity contribution < 1.29 is 13.5 Å². The molecule has 0 saturated heterocycles. The Morgan fingerprint density at radius 1 is 1.26 bits per heavy atom. The fourth-order valence-corrected chi connectivity index (χ4v) is 2.83. The molecule has 1 aromatic rings. The largest absolute Gasteiger partial charge is 0.508 e. The first-order valence-corrected chi connectivity index (χ1v) is 7.93. The van der Waals surface area contributed by atoms with Crippen molar-refractivity contribution in [1.29, 1.82) is 0 Å². The third kappa shape index (κ3) is 5.08. The number of rotatable bonds is 7. The Kier molecular flexibility index (Phi) is 5.62. The molecule has 0 unspecified atom stereocenters. The van der Waals surface area contributed by atoms with Crippen molar-refractivity contribution in [3.63, 3.8) is 0 Å². The van der Waals surface area contributed by atoms with Gasteiger partial charge in [-0.2, -0.15) is 0 Å². The van der Waals surface area contributed by atoms with Crippen molar-refractivity contribution in [3.05, 3.63) is 24.3 Å². The van der Waals surface area contributed by atoms with Gasteiger partial charge in [0.05, 0.1) is 11.4 Å². The fraction of sp³-hybridized carbons (Fsp3) is 0.538. The summed E-state index contributed by atoms with van der Waals surface area (Å²) in [6.45, 7) is 4.73. The number of hydrogen-bond acceptors (Lipinski definition) is 4. The van der Waals surface area contributed by atoms with Gasteiger partial charge in [-0.1, -0.05) is 13.8 Å². The molecule has 0 radical (unpaired) electrons. The lowest BCUT2D eigenvalue weighted by Gasteiger charge is -2.19. The molecule has 0 spiro atoms. The molecule has 0 fully saturated rings. The minimum atomic E-state index is -3.31. The first-order valence-electron chi connectivity index (χ1n) is 6.32. The van der Waals surface area contributed by atoms with E-state index in [9.17, 15) is 13.5 Å². The van der Waals surface area contributed by atoms with Crippen LogP contribution in [-0.4, -0.2) is 38.9 Å². The van der Waals surface area contributed by atoms with Crippen LogP contribution in [0, 0.1) is 0 Å². The molecule has 0 saturated carbocycles. The molecule has 1 aromatic carbocycles. The number of aromatic hydroxyl groups is 1. The summed E-state index contributed by atoms with van der Waals surface area (Å²) in [5.74, 6) is 0.222. The number of nitrogens with zero attached hydrogens (tertiary/aromatic N) is 1. The molecule has 0 aliphatic rings. The van der Waals surface area contributed by atoms with Crippen LogP contribution in [0.1, 0.15) is 20.3 Å². The maximum atomic E-state index is 12.1. The maximum absolute atomic E-state index is 12.1. The molecule has 0 aromatic heterocycles. The Hall–Kier alpha value is -1.27. The molecule has 0 aliphatic heterocycles. The van der Waals surface area contributed by atoms with Gasteiger partial charge in [-0.15, -0.1) is 0 Å². The first-order chi connectivity index (χ1) is 8.83. The zero-order valence-electron chi connectivity index (χ0n) is 11.6. The number of phenols is 1. The summed E-state index contributed by atoms with van der Waals surface area (Å²) < 4.78 is 25.4. The van der Waals surface area contributed by atoms with Crippen LogP contribution in [0.25, 0.3) is 0 Å². The highest BCUT2D eigenvalue weighted by Gasteiger charge is 2.17. The van der Waals surface area contributed by atoms with E-state index in [1.807, 2.05) is 13.8 Å². The number of hydrogen-bond donors (Lipinski definition) is 2. The van der Waals surface area contributed by atoms with Gasteiger partial charge >= 0.3 is 0 Å². The second-order valence-electron chi connectivity index (χ2n) is 4.76. The van der Waals surface area contributed by atoms with Crippen LogP contribution in [0.2, 0.25) is 0 Å². The number of nitrogens with one attached hydrogen (secondary N) is 1. The quantitative estimate of drug-likeness (QED) is 0.746. The van der Waals surface area contributed by atoms with Gasteiger partial charge in [-0.05, 0) is 37.2 Å². The molecule has 2 N–H and O–H groups in total. The average Bonchev–Trinajstić information content (AvgIpc) is 2.34. The summed E-state index contributed by atoms with van der Waals surface area (Å²) in [6.07, 6.45) is 0.572. The molecule has 0 heterocycles. The number of phenolic OH excluding ortho intramolecular Hbond substituents is 1. The summed E-state index contributed by atoms with van der Waals surface area (Å²) >= 11 is 0. The molecular formula is C13H22N2O3S. The average molecular weight is 286 g/mol. The summed E-state index contributed by atoms with van der Waals surface area (Å²) in [4.78, 5) is 0. The van der Waals surface area contributed by atoms with Gasteiger partial charge in [0.15, 0.2) is 0 Å². The smallest absolute Gasteiger partial charge is 0.234 e. The van der Waals surface area contributed by atoms with E-state index in [0.717, 1.165) is 0 Å². The Balaban J connectivity index is 2.59. The van der Waals surface area contributed by atoms with Crippen molar-refractivity contribution in [3.8, 4) is 5.75 Å². The molecule has 0 bridgehead atoms. The van der Waals surface area contributed by atoms with Crippen LogP contribution >= 0.6 is 0 Å². The molecular weight excluding hydrogens is 264 g/mol. The predicted molar refractivity (Wildman–Crippen MR) is 78.1 cm³/mol. The number of benzene rings is 1. The van der Waals surface area contributed by atoms with Gasteiger partial charge < -0.3 is 10.4 Å². The second-order valence-corrected chi connectivity index (χ2v) is 6.88. The Morgan fingerprint density at radius 3 is 2.37 bits per heavy atom. The molecule has 5 nitrogen and oxygen atoms in total. The summed E-state index contributed by atoms with van der Waals surface area (Å²) in [5, 5.41) is 12.4. The van der Waals surface area contributed by atoms with Crippen LogP contribution in [0.5, 0.6) is 5.75 Å². The van der Waals surface area contributed by atoms with Crippen molar-refractivity contribution in [1.82, 2.24) is 5.32 Å². The Labute approximate surface area is 115 Å². The number of sulfonamides is 1. The lowest BCUT2D eigenvalue weighted by Crippen LogP contribution is -2.31. The van der Waals surface area contributed by atoms with Crippen molar-refractivity contribution >= 4 is 15.7 Å². The van der Waals surface area contributed by atoms with E-state index in [4.69, 9.17) is 0 Å². The van der Waals surface area contributed by atoms with Crippen molar-refractivity contribution in [2.24, 2.45) is 0 Å². The lowest BCUT2D eigenvalue weighted by molar-refractivity contribution is 0.475. The molecule has 1 rings (SSSR count). The summed E-state index contributed by atoms with van der Waals surface area (Å²) in [6, 6.07) is 6.47. The van der Waals surface area contributed by atoms with E-state index in [-0.39, 0.29) is 11.5 Å². The van der Waals surface area contributed by atoms with Crippen LogP contribution < -0.4 is 9.62 Å². The van der Waals surface area contributed by atoms with Gasteiger partial charge in [0.1, 0.15) is 5.75 Å². The molecule has 0 amide bonds. The standard InChI is InChI=1S/C13H22N2O3S/c1-11(2)14-9-4-10-19(17,18)15(3)12-5-7-13(16)8-6-12/h5-8,11,14,16H,4,9-10H2,1-3H3.